The van der Waals surface area contributed by atoms with E-state index < -0.39 is 12.3 Å². The van der Waals surface area contributed by atoms with Crippen molar-refractivity contribution in [3.8, 4) is 0 Å². The lowest BCUT2D eigenvalue weighted by Gasteiger charge is -2.57. The van der Waals surface area contributed by atoms with E-state index in [2.05, 4.69) is 26.8 Å². The van der Waals surface area contributed by atoms with Crippen LogP contribution < -0.4 is 0 Å². The molecule has 0 aromatic heterocycles. The van der Waals surface area contributed by atoms with Crippen LogP contribution in [-0.4, -0.2) is 29.4 Å². The zero-order valence-electron chi connectivity index (χ0n) is 15.1. The number of esters is 2. The molecule has 4 aliphatic rings. The molecule has 25 heavy (non-hydrogen) atoms. The van der Waals surface area contributed by atoms with Crippen molar-refractivity contribution < 1.29 is 24.2 Å². The van der Waals surface area contributed by atoms with Crippen molar-refractivity contribution in [1.29, 1.82) is 0 Å². The Labute approximate surface area is 148 Å². The van der Waals surface area contributed by atoms with Gasteiger partial charge in [-0.15, -0.1) is 0 Å². The number of hydrogen-bond acceptors (Lipinski definition) is 5. The molecule has 5 nitrogen and oxygen atoms in total. The molecule has 0 spiro atoms. The van der Waals surface area contributed by atoms with Gasteiger partial charge in [-0.3, -0.25) is 0 Å². The standard InChI is InChI=1S/C20H26O5/c1-11-9-15-20(3)13(18(23)24-15)5-4-6-14(20)19(11,2)8-7-12-10-16(21)25-17(12)22/h5,10-11,14-16,21H,4,6-9H2,1-3H3. The highest BCUT2D eigenvalue weighted by atomic mass is 16.6. The maximum Gasteiger partial charge on any atom is 0.336 e. The number of hydrogen-bond donors (Lipinski definition) is 1. The van der Waals surface area contributed by atoms with Gasteiger partial charge in [-0.05, 0) is 55.4 Å². The van der Waals surface area contributed by atoms with Gasteiger partial charge < -0.3 is 14.6 Å². The van der Waals surface area contributed by atoms with Crippen molar-refractivity contribution in [3.05, 3.63) is 23.3 Å². The second kappa shape index (κ2) is 5.44. The number of aliphatic hydroxyl groups excluding tert-OH is 1. The van der Waals surface area contributed by atoms with Crippen molar-refractivity contribution in [2.45, 2.75) is 65.3 Å². The van der Waals surface area contributed by atoms with Crippen molar-refractivity contribution in [1.82, 2.24) is 0 Å². The number of carbonyl (C=O) groups is 2. The third kappa shape index (κ3) is 2.24. The molecule has 2 fully saturated rings. The zero-order valence-corrected chi connectivity index (χ0v) is 15.1. The lowest BCUT2D eigenvalue weighted by Crippen LogP contribution is -2.54. The van der Waals surface area contributed by atoms with Crippen LogP contribution in [-0.2, 0) is 19.1 Å². The van der Waals surface area contributed by atoms with Gasteiger partial charge in [0.05, 0.1) is 0 Å². The Morgan fingerprint density at radius 1 is 1.24 bits per heavy atom. The molecule has 0 radical (unpaired) electrons. The smallest absolute Gasteiger partial charge is 0.336 e. The van der Waals surface area contributed by atoms with Crippen LogP contribution in [0.25, 0.3) is 0 Å². The quantitative estimate of drug-likeness (QED) is 0.796. The van der Waals surface area contributed by atoms with Gasteiger partial charge in [0.2, 0.25) is 6.29 Å². The van der Waals surface area contributed by atoms with Crippen LogP contribution in [0.3, 0.4) is 0 Å². The van der Waals surface area contributed by atoms with Crippen LogP contribution in [0.5, 0.6) is 0 Å². The van der Waals surface area contributed by atoms with E-state index in [0.717, 1.165) is 31.3 Å². The van der Waals surface area contributed by atoms with Crippen molar-refractivity contribution >= 4 is 11.9 Å². The second-order valence-electron chi connectivity index (χ2n) is 8.55. The summed E-state index contributed by atoms with van der Waals surface area (Å²) in [5.41, 5.74) is 1.22. The first-order valence-electron chi connectivity index (χ1n) is 9.28. The lowest BCUT2D eigenvalue weighted by atomic mass is 9.46. The van der Waals surface area contributed by atoms with Crippen LogP contribution in [0.15, 0.2) is 23.3 Å². The molecular formula is C20H26O5. The van der Waals surface area contributed by atoms with Gasteiger partial charge in [0, 0.05) is 16.6 Å². The van der Waals surface area contributed by atoms with Gasteiger partial charge in [-0.2, -0.15) is 0 Å². The van der Waals surface area contributed by atoms with E-state index in [1.807, 2.05) is 0 Å². The van der Waals surface area contributed by atoms with E-state index in [-0.39, 0.29) is 22.9 Å². The van der Waals surface area contributed by atoms with Gasteiger partial charge in [0.25, 0.3) is 0 Å². The predicted octanol–water partition coefficient (Wildman–Crippen LogP) is 2.88. The summed E-state index contributed by atoms with van der Waals surface area (Å²) in [7, 11) is 0. The Kier molecular flexibility index (Phi) is 3.66. The summed E-state index contributed by atoms with van der Waals surface area (Å²) in [6.45, 7) is 6.72. The zero-order chi connectivity index (χ0) is 18.0. The summed E-state index contributed by atoms with van der Waals surface area (Å²) < 4.78 is 10.5. The number of cyclic esters (lactones) is 1. The van der Waals surface area contributed by atoms with Gasteiger partial charge in [0.1, 0.15) is 6.10 Å². The highest BCUT2D eigenvalue weighted by molar-refractivity contribution is 5.93. The maximum absolute atomic E-state index is 12.3. The normalized spacial score (nSPS) is 45.4. The minimum Gasteiger partial charge on any atom is -0.458 e. The topological polar surface area (TPSA) is 72.8 Å². The molecule has 0 aromatic carbocycles. The molecule has 2 aliphatic carbocycles. The molecule has 1 saturated heterocycles. The summed E-state index contributed by atoms with van der Waals surface area (Å²) in [4.78, 5) is 24.2. The van der Waals surface area contributed by atoms with Gasteiger partial charge in [-0.25, -0.2) is 9.59 Å². The van der Waals surface area contributed by atoms with E-state index in [1.165, 1.54) is 6.08 Å². The first-order chi connectivity index (χ1) is 11.8. The number of aliphatic hydroxyl groups is 1. The Morgan fingerprint density at radius 3 is 2.68 bits per heavy atom. The Balaban J connectivity index is 1.63. The van der Waals surface area contributed by atoms with Crippen LogP contribution >= 0.6 is 0 Å². The molecule has 0 amide bonds. The van der Waals surface area contributed by atoms with E-state index in [1.54, 1.807) is 0 Å². The SMILES string of the molecule is CC1CC2OC(=O)C3=CCCC(C1(C)CCC1=CC(O)OC1=O)C32C. The van der Waals surface area contributed by atoms with E-state index in [0.29, 0.717) is 23.8 Å². The number of carbonyl (C=O) groups excluding carboxylic acids is 2. The molecule has 0 aromatic rings. The van der Waals surface area contributed by atoms with Crippen molar-refractivity contribution in [3.63, 3.8) is 0 Å². The monoisotopic (exact) mass is 346 g/mol. The highest BCUT2D eigenvalue weighted by Crippen LogP contribution is 2.65. The van der Waals surface area contributed by atoms with Gasteiger partial charge >= 0.3 is 11.9 Å². The van der Waals surface area contributed by atoms with Crippen molar-refractivity contribution in [2.75, 3.05) is 0 Å². The summed E-state index contributed by atoms with van der Waals surface area (Å²) in [5.74, 6) is 0.193. The number of allylic oxidation sites excluding steroid dienone is 1. The Hall–Kier alpha value is -1.62. The largest absolute Gasteiger partial charge is 0.458 e. The fourth-order valence-electron chi connectivity index (χ4n) is 5.83. The molecule has 6 unspecified atom stereocenters. The van der Waals surface area contributed by atoms with Gasteiger partial charge in [-0.1, -0.05) is 26.8 Å². The van der Waals surface area contributed by atoms with E-state index >= 15 is 0 Å². The molecule has 2 aliphatic heterocycles. The third-order valence-corrected chi connectivity index (χ3v) is 7.50. The van der Waals surface area contributed by atoms with Crippen LogP contribution in [0, 0.1) is 22.7 Å². The molecule has 5 heteroatoms. The summed E-state index contributed by atoms with van der Waals surface area (Å²) in [6.07, 6.45) is 6.70. The summed E-state index contributed by atoms with van der Waals surface area (Å²) in [6, 6.07) is 0. The first kappa shape index (κ1) is 16.8. The van der Waals surface area contributed by atoms with Crippen LogP contribution in [0.2, 0.25) is 0 Å². The average Bonchev–Trinajstić information content (AvgIpc) is 3.00. The molecule has 1 saturated carbocycles. The fraction of sp³-hybridized carbons (Fsp3) is 0.700. The van der Waals surface area contributed by atoms with Crippen molar-refractivity contribution in [2.24, 2.45) is 22.7 Å². The minimum atomic E-state index is -1.11. The summed E-state index contributed by atoms with van der Waals surface area (Å²) >= 11 is 0. The molecule has 0 bridgehead atoms. The van der Waals surface area contributed by atoms with E-state index in [4.69, 9.17) is 9.47 Å². The lowest BCUT2D eigenvalue weighted by molar-refractivity contribution is -0.152. The summed E-state index contributed by atoms with van der Waals surface area (Å²) in [5, 5.41) is 9.48. The average molecular weight is 346 g/mol. The molecular weight excluding hydrogens is 320 g/mol. The number of rotatable bonds is 3. The molecule has 4 rings (SSSR count). The minimum absolute atomic E-state index is 0.00734. The Bertz CT molecular complexity index is 692. The Morgan fingerprint density at radius 2 is 2.00 bits per heavy atom. The first-order valence-corrected chi connectivity index (χ1v) is 9.28. The highest BCUT2D eigenvalue weighted by Gasteiger charge is 2.64. The fourth-order valence-corrected chi connectivity index (χ4v) is 5.83. The molecule has 2 heterocycles. The molecule has 1 N–H and O–H groups in total. The molecule has 6 atom stereocenters. The second-order valence-corrected chi connectivity index (χ2v) is 8.55. The van der Waals surface area contributed by atoms with Crippen LogP contribution in [0.1, 0.15) is 52.9 Å². The predicted molar refractivity (Wildman–Crippen MR) is 90.1 cm³/mol. The maximum atomic E-state index is 12.3. The molecule has 136 valence electrons. The third-order valence-electron chi connectivity index (χ3n) is 7.50. The number of ether oxygens (including phenoxy) is 2. The van der Waals surface area contributed by atoms with Gasteiger partial charge in [0.15, 0.2) is 0 Å². The van der Waals surface area contributed by atoms with E-state index in [9.17, 15) is 14.7 Å². The van der Waals surface area contributed by atoms with Crippen LogP contribution in [0.4, 0.5) is 0 Å².